The van der Waals surface area contributed by atoms with Gasteiger partial charge in [-0.2, -0.15) is 0 Å². The molecule has 100 valence electrons. The number of benzene rings is 1. The molecule has 0 aliphatic carbocycles. The molecule has 0 bridgehead atoms. The van der Waals surface area contributed by atoms with E-state index in [1.54, 1.807) is 19.1 Å². The third-order valence-corrected chi connectivity index (χ3v) is 3.35. The Morgan fingerprint density at radius 1 is 1.50 bits per heavy atom. The van der Waals surface area contributed by atoms with E-state index in [-0.39, 0.29) is 29.5 Å². The van der Waals surface area contributed by atoms with E-state index in [1.165, 1.54) is 6.07 Å². The molecule has 1 aliphatic heterocycles. The maximum absolute atomic E-state index is 13.3. The Morgan fingerprint density at radius 3 is 2.78 bits per heavy atom. The molecule has 1 aromatic rings. The second kappa shape index (κ2) is 5.67. The van der Waals surface area contributed by atoms with E-state index in [9.17, 15) is 9.18 Å². The second-order valence-corrected chi connectivity index (χ2v) is 4.91. The normalized spacial score (nSPS) is 22.4. The molecule has 3 nitrogen and oxygen atoms in total. The average molecular weight is 273 g/mol. The van der Waals surface area contributed by atoms with Crippen LogP contribution in [0, 0.1) is 18.2 Å². The molecule has 0 saturated carbocycles. The van der Waals surface area contributed by atoms with Gasteiger partial charge in [-0.05, 0) is 44.5 Å². The van der Waals surface area contributed by atoms with Gasteiger partial charge in [-0.25, -0.2) is 4.39 Å². The zero-order valence-corrected chi connectivity index (χ0v) is 11.4. The fourth-order valence-corrected chi connectivity index (χ4v) is 1.96. The van der Waals surface area contributed by atoms with Gasteiger partial charge in [0.2, 0.25) is 5.91 Å². The largest absolute Gasteiger partial charge is 0.325 e. The van der Waals surface area contributed by atoms with Crippen molar-refractivity contribution in [1.82, 2.24) is 5.32 Å². The topological polar surface area (TPSA) is 41.1 Å². The third-order valence-electron chi connectivity index (χ3n) is 3.35. The van der Waals surface area contributed by atoms with Crippen molar-refractivity contribution in [1.29, 1.82) is 0 Å². The average Bonchev–Trinajstić information content (AvgIpc) is 2.72. The summed E-state index contributed by atoms with van der Waals surface area (Å²) in [6.07, 6.45) is 0.813. The number of hydrogen-bond acceptors (Lipinski definition) is 2. The number of carbonyl (C=O) groups excluding carboxylic acids is 1. The van der Waals surface area contributed by atoms with E-state index in [0.29, 0.717) is 17.8 Å². The highest BCUT2D eigenvalue weighted by Crippen LogP contribution is 2.26. The molecule has 2 N–H and O–H groups in total. The van der Waals surface area contributed by atoms with Gasteiger partial charge in [0.15, 0.2) is 0 Å². The molecule has 2 rings (SSSR count). The van der Waals surface area contributed by atoms with Gasteiger partial charge in [-0.15, -0.1) is 12.4 Å². The van der Waals surface area contributed by atoms with Gasteiger partial charge >= 0.3 is 0 Å². The van der Waals surface area contributed by atoms with Crippen molar-refractivity contribution in [3.63, 3.8) is 0 Å². The molecule has 5 heteroatoms. The summed E-state index contributed by atoms with van der Waals surface area (Å²) in [5.41, 5.74) is 0.712. The van der Waals surface area contributed by atoms with Gasteiger partial charge < -0.3 is 10.6 Å². The first-order valence-corrected chi connectivity index (χ1v) is 5.80. The molecule has 1 saturated heterocycles. The lowest BCUT2D eigenvalue weighted by Crippen LogP contribution is -2.35. The predicted molar refractivity (Wildman–Crippen MR) is 72.6 cm³/mol. The molecule has 0 spiro atoms. The maximum Gasteiger partial charge on any atom is 0.231 e. The minimum absolute atomic E-state index is 0. The van der Waals surface area contributed by atoms with Crippen LogP contribution in [0.2, 0.25) is 0 Å². The summed E-state index contributed by atoms with van der Waals surface area (Å²) in [5, 5.41) is 5.94. The van der Waals surface area contributed by atoms with Gasteiger partial charge in [-0.3, -0.25) is 4.79 Å². The van der Waals surface area contributed by atoms with Crippen molar-refractivity contribution in [2.24, 2.45) is 5.41 Å². The van der Waals surface area contributed by atoms with Crippen molar-refractivity contribution in [3.05, 3.63) is 29.6 Å². The number of anilines is 1. The van der Waals surface area contributed by atoms with Crippen LogP contribution >= 0.6 is 12.4 Å². The Hall–Kier alpha value is -1.13. The van der Waals surface area contributed by atoms with E-state index in [2.05, 4.69) is 10.6 Å². The molecule has 0 radical (unpaired) electrons. The lowest BCUT2D eigenvalue weighted by atomic mass is 9.89. The highest BCUT2D eigenvalue weighted by molar-refractivity contribution is 5.95. The van der Waals surface area contributed by atoms with E-state index < -0.39 is 0 Å². The molecule has 1 aliphatic rings. The highest BCUT2D eigenvalue weighted by atomic mass is 35.5. The fraction of sp³-hybridized carbons (Fsp3) is 0.462. The standard InChI is InChI=1S/C13H17FN2O.ClH/c1-9-3-4-10(7-11(9)14)16-12(17)13(2)5-6-15-8-13;/h3-4,7,15H,5-6,8H2,1-2H3,(H,16,17);1H. The van der Waals surface area contributed by atoms with Gasteiger partial charge in [0.1, 0.15) is 5.82 Å². The Bertz CT molecular complexity index is 445. The number of nitrogens with one attached hydrogen (secondary N) is 2. The smallest absolute Gasteiger partial charge is 0.231 e. The molecular weight excluding hydrogens is 255 g/mol. The first kappa shape index (κ1) is 14.9. The van der Waals surface area contributed by atoms with Crippen molar-refractivity contribution in [2.75, 3.05) is 18.4 Å². The quantitative estimate of drug-likeness (QED) is 0.869. The van der Waals surface area contributed by atoms with Crippen LogP contribution in [0.5, 0.6) is 0 Å². The number of carbonyl (C=O) groups is 1. The van der Waals surface area contributed by atoms with Crippen LogP contribution in [-0.2, 0) is 4.79 Å². The van der Waals surface area contributed by atoms with Crippen molar-refractivity contribution >= 4 is 24.0 Å². The van der Waals surface area contributed by atoms with E-state index in [1.807, 2.05) is 6.92 Å². The van der Waals surface area contributed by atoms with Crippen molar-refractivity contribution in [3.8, 4) is 0 Å². The van der Waals surface area contributed by atoms with Crippen LogP contribution in [0.25, 0.3) is 0 Å². The summed E-state index contributed by atoms with van der Waals surface area (Å²) in [7, 11) is 0. The number of aryl methyl sites for hydroxylation is 1. The van der Waals surface area contributed by atoms with Gasteiger partial charge in [0.05, 0.1) is 5.41 Å². The molecular formula is C13H18ClFN2O. The monoisotopic (exact) mass is 272 g/mol. The Morgan fingerprint density at radius 2 is 2.22 bits per heavy atom. The molecule has 1 fully saturated rings. The molecule has 1 unspecified atom stereocenters. The Kier molecular flexibility index (Phi) is 4.71. The van der Waals surface area contributed by atoms with Crippen molar-refractivity contribution < 1.29 is 9.18 Å². The van der Waals surface area contributed by atoms with Gasteiger partial charge in [0, 0.05) is 12.2 Å². The zero-order valence-electron chi connectivity index (χ0n) is 10.5. The molecule has 1 heterocycles. The summed E-state index contributed by atoms with van der Waals surface area (Å²) in [6.45, 7) is 5.15. The number of rotatable bonds is 2. The minimum Gasteiger partial charge on any atom is -0.325 e. The summed E-state index contributed by atoms with van der Waals surface area (Å²) >= 11 is 0. The number of hydrogen-bond donors (Lipinski definition) is 2. The summed E-state index contributed by atoms with van der Waals surface area (Å²) in [5.74, 6) is -0.344. The maximum atomic E-state index is 13.3. The summed E-state index contributed by atoms with van der Waals surface area (Å²) < 4.78 is 13.3. The summed E-state index contributed by atoms with van der Waals surface area (Å²) in [4.78, 5) is 12.1. The zero-order chi connectivity index (χ0) is 12.5. The SMILES string of the molecule is Cc1ccc(NC(=O)C2(C)CCNC2)cc1F.Cl. The lowest BCUT2D eigenvalue weighted by Gasteiger charge is -2.21. The number of halogens is 2. The van der Waals surface area contributed by atoms with Crippen LogP contribution in [0.4, 0.5) is 10.1 Å². The summed E-state index contributed by atoms with van der Waals surface area (Å²) in [6, 6.07) is 4.75. The first-order chi connectivity index (χ1) is 8.01. The van der Waals surface area contributed by atoms with E-state index in [0.717, 1.165) is 13.0 Å². The van der Waals surface area contributed by atoms with Crippen LogP contribution < -0.4 is 10.6 Å². The Balaban J connectivity index is 0.00000162. The minimum atomic E-state index is -0.388. The van der Waals surface area contributed by atoms with Crippen LogP contribution in [0.1, 0.15) is 18.9 Å². The van der Waals surface area contributed by atoms with Crippen LogP contribution in [-0.4, -0.2) is 19.0 Å². The third kappa shape index (κ3) is 3.00. The molecule has 1 aromatic carbocycles. The first-order valence-electron chi connectivity index (χ1n) is 5.80. The van der Waals surface area contributed by atoms with Crippen LogP contribution in [0.3, 0.4) is 0 Å². The van der Waals surface area contributed by atoms with Gasteiger partial charge in [0.25, 0.3) is 0 Å². The predicted octanol–water partition coefficient (Wildman–Crippen LogP) is 2.49. The molecule has 1 atom stereocenters. The van der Waals surface area contributed by atoms with Gasteiger partial charge in [-0.1, -0.05) is 6.07 Å². The molecule has 1 amide bonds. The number of amides is 1. The lowest BCUT2D eigenvalue weighted by molar-refractivity contribution is -0.123. The van der Waals surface area contributed by atoms with Crippen LogP contribution in [0.15, 0.2) is 18.2 Å². The van der Waals surface area contributed by atoms with E-state index in [4.69, 9.17) is 0 Å². The van der Waals surface area contributed by atoms with E-state index >= 15 is 0 Å². The fourth-order valence-electron chi connectivity index (χ4n) is 1.96. The second-order valence-electron chi connectivity index (χ2n) is 4.91. The Labute approximate surface area is 113 Å². The molecule has 18 heavy (non-hydrogen) atoms. The highest BCUT2D eigenvalue weighted by Gasteiger charge is 2.36. The van der Waals surface area contributed by atoms with Crippen molar-refractivity contribution in [2.45, 2.75) is 20.3 Å². The molecule has 0 aromatic heterocycles.